The summed E-state index contributed by atoms with van der Waals surface area (Å²) in [7, 11) is 2.10. The SMILES string of the molecule is CCN1/C(=C\c2cc[n+](C)c3ccccc23)Sc2ccc3ccccc3c21.[I-]. The number of nitrogens with zero attached hydrogens (tertiary/aromatic N) is 2. The van der Waals surface area contributed by atoms with Crippen LogP contribution in [-0.4, -0.2) is 6.54 Å². The van der Waals surface area contributed by atoms with Gasteiger partial charge in [-0.2, -0.15) is 0 Å². The topological polar surface area (TPSA) is 7.12 Å². The third kappa shape index (κ3) is 3.08. The number of rotatable bonds is 2. The molecule has 1 aliphatic heterocycles. The summed E-state index contributed by atoms with van der Waals surface area (Å²) < 4.78 is 2.18. The summed E-state index contributed by atoms with van der Waals surface area (Å²) in [5.74, 6) is 0. The Labute approximate surface area is 186 Å². The van der Waals surface area contributed by atoms with Crippen LogP contribution in [0.1, 0.15) is 12.5 Å². The number of aromatic nitrogens is 1. The number of para-hydroxylation sites is 1. The van der Waals surface area contributed by atoms with Crippen LogP contribution >= 0.6 is 11.8 Å². The van der Waals surface area contributed by atoms with Gasteiger partial charge in [0.1, 0.15) is 7.05 Å². The number of halogens is 1. The highest BCUT2D eigenvalue weighted by Crippen LogP contribution is 2.49. The van der Waals surface area contributed by atoms with Gasteiger partial charge in [-0.05, 0) is 36.1 Å². The molecule has 28 heavy (non-hydrogen) atoms. The lowest BCUT2D eigenvalue weighted by molar-refractivity contribution is -0.644. The number of thioether (sulfide) groups is 1. The lowest BCUT2D eigenvalue weighted by atomic mass is 10.1. The summed E-state index contributed by atoms with van der Waals surface area (Å²) in [6.07, 6.45) is 4.48. The van der Waals surface area contributed by atoms with Crippen LogP contribution in [0.25, 0.3) is 27.8 Å². The predicted molar refractivity (Wildman–Crippen MR) is 116 cm³/mol. The normalized spacial score (nSPS) is 14.5. The van der Waals surface area contributed by atoms with E-state index in [4.69, 9.17) is 0 Å². The van der Waals surface area contributed by atoms with Crippen LogP contribution in [0.5, 0.6) is 0 Å². The zero-order valence-corrected chi connectivity index (χ0v) is 18.9. The number of pyridine rings is 1. The molecule has 4 heteroatoms. The lowest BCUT2D eigenvalue weighted by Gasteiger charge is -2.20. The minimum absolute atomic E-state index is 0. The molecule has 2 heterocycles. The van der Waals surface area contributed by atoms with Gasteiger partial charge in [0.05, 0.1) is 16.1 Å². The first-order chi connectivity index (χ1) is 13.3. The standard InChI is InChI=1S/C24H21N2S.HI/c1-3-26-23(16-18-14-15-25(2)21-11-7-6-9-19(18)21)27-22-13-12-17-8-4-5-10-20(17)24(22)26;/h4-16H,3H2,1-2H3;1H/q+1;/p-1. The molecule has 0 unspecified atom stereocenters. The summed E-state index contributed by atoms with van der Waals surface area (Å²) in [5, 5.41) is 5.21. The van der Waals surface area contributed by atoms with E-state index < -0.39 is 0 Å². The van der Waals surface area contributed by atoms with Gasteiger partial charge in [-0.3, -0.25) is 0 Å². The Hall–Kier alpha value is -2.05. The van der Waals surface area contributed by atoms with Gasteiger partial charge in [0, 0.05) is 29.0 Å². The molecule has 0 atom stereocenters. The molecule has 0 spiro atoms. The third-order valence-electron chi connectivity index (χ3n) is 5.28. The van der Waals surface area contributed by atoms with E-state index in [1.54, 1.807) is 0 Å². The zero-order valence-electron chi connectivity index (χ0n) is 15.9. The second-order valence-electron chi connectivity index (χ2n) is 6.86. The Morgan fingerprint density at radius 2 is 1.68 bits per heavy atom. The summed E-state index contributed by atoms with van der Waals surface area (Å²) in [4.78, 5) is 3.79. The number of aryl methyl sites for hydroxylation is 1. The van der Waals surface area contributed by atoms with Crippen molar-refractivity contribution < 1.29 is 28.5 Å². The van der Waals surface area contributed by atoms with Crippen molar-refractivity contribution in [2.75, 3.05) is 11.4 Å². The molecule has 5 rings (SSSR count). The third-order valence-corrected chi connectivity index (χ3v) is 6.38. The Kier molecular flexibility index (Phi) is 5.34. The molecule has 0 N–H and O–H groups in total. The first-order valence-corrected chi connectivity index (χ1v) is 10.1. The molecule has 0 aliphatic carbocycles. The van der Waals surface area contributed by atoms with E-state index in [2.05, 4.69) is 102 Å². The largest absolute Gasteiger partial charge is 1.00 e. The first-order valence-electron chi connectivity index (χ1n) is 9.32. The average Bonchev–Trinajstić information content (AvgIpc) is 3.08. The maximum absolute atomic E-state index is 2.45. The number of fused-ring (bicyclic) bond motifs is 4. The minimum Gasteiger partial charge on any atom is -1.00 e. The minimum atomic E-state index is 0. The smallest absolute Gasteiger partial charge is 0.212 e. The molecule has 2 nitrogen and oxygen atoms in total. The lowest BCUT2D eigenvalue weighted by Crippen LogP contribution is -3.00. The van der Waals surface area contributed by atoms with Crippen molar-refractivity contribution in [2.24, 2.45) is 7.05 Å². The fourth-order valence-corrected chi connectivity index (χ4v) is 5.14. The molecule has 140 valence electrons. The monoisotopic (exact) mass is 496 g/mol. The molecule has 1 aromatic heterocycles. The molecule has 0 amide bonds. The molecular formula is C24H21IN2S. The number of anilines is 1. The fourth-order valence-electron chi connectivity index (χ4n) is 3.94. The molecule has 4 aromatic rings. The second-order valence-corrected chi connectivity index (χ2v) is 7.92. The van der Waals surface area contributed by atoms with Crippen molar-refractivity contribution in [3.63, 3.8) is 0 Å². The van der Waals surface area contributed by atoms with Gasteiger partial charge in [0.25, 0.3) is 0 Å². The van der Waals surface area contributed by atoms with Crippen LogP contribution in [0.15, 0.2) is 82.9 Å². The maximum atomic E-state index is 2.45. The van der Waals surface area contributed by atoms with Crippen molar-refractivity contribution >= 4 is 45.2 Å². The van der Waals surface area contributed by atoms with Crippen molar-refractivity contribution in [1.82, 2.24) is 0 Å². The van der Waals surface area contributed by atoms with E-state index >= 15 is 0 Å². The van der Waals surface area contributed by atoms with E-state index in [0.717, 1.165) is 6.54 Å². The number of hydrogen-bond donors (Lipinski definition) is 0. The molecular weight excluding hydrogens is 475 g/mol. The Morgan fingerprint density at radius 1 is 0.929 bits per heavy atom. The molecule has 0 bridgehead atoms. The molecule has 0 saturated carbocycles. The molecule has 0 radical (unpaired) electrons. The van der Waals surface area contributed by atoms with Crippen LogP contribution in [0.4, 0.5) is 5.69 Å². The van der Waals surface area contributed by atoms with Crippen molar-refractivity contribution in [2.45, 2.75) is 11.8 Å². The first kappa shape index (κ1) is 19.3. The molecule has 3 aromatic carbocycles. The van der Waals surface area contributed by atoms with E-state index in [1.807, 2.05) is 11.8 Å². The number of hydrogen-bond acceptors (Lipinski definition) is 2. The van der Waals surface area contributed by atoms with Crippen molar-refractivity contribution in [3.05, 3.63) is 83.5 Å². The quantitative estimate of drug-likeness (QED) is 0.312. The van der Waals surface area contributed by atoms with Crippen LogP contribution < -0.4 is 33.4 Å². The highest BCUT2D eigenvalue weighted by Gasteiger charge is 2.26. The summed E-state index contributed by atoms with van der Waals surface area (Å²) in [6, 6.07) is 24.0. The van der Waals surface area contributed by atoms with Crippen LogP contribution in [0.2, 0.25) is 0 Å². The highest BCUT2D eigenvalue weighted by molar-refractivity contribution is 8.04. The Balaban J connectivity index is 0.00000192. The predicted octanol–water partition coefficient (Wildman–Crippen LogP) is 2.75. The molecule has 1 aliphatic rings. The summed E-state index contributed by atoms with van der Waals surface area (Å²) in [6.45, 7) is 3.19. The van der Waals surface area contributed by atoms with Gasteiger partial charge in [-0.15, -0.1) is 0 Å². The van der Waals surface area contributed by atoms with Gasteiger partial charge >= 0.3 is 0 Å². The molecule has 0 fully saturated rings. The Morgan fingerprint density at radius 3 is 2.50 bits per heavy atom. The van der Waals surface area contributed by atoms with Gasteiger partial charge in [0.2, 0.25) is 5.52 Å². The zero-order chi connectivity index (χ0) is 18.4. The van der Waals surface area contributed by atoms with Crippen LogP contribution in [0.3, 0.4) is 0 Å². The maximum Gasteiger partial charge on any atom is 0.212 e. The van der Waals surface area contributed by atoms with E-state index in [-0.39, 0.29) is 24.0 Å². The van der Waals surface area contributed by atoms with E-state index in [0.29, 0.717) is 0 Å². The fraction of sp³-hybridized carbons (Fsp3) is 0.125. The second kappa shape index (κ2) is 7.76. The van der Waals surface area contributed by atoms with Crippen LogP contribution in [-0.2, 0) is 7.05 Å². The Bertz CT molecular complexity index is 1220. The van der Waals surface area contributed by atoms with E-state index in [9.17, 15) is 0 Å². The van der Waals surface area contributed by atoms with Gasteiger partial charge < -0.3 is 28.9 Å². The number of benzene rings is 3. The summed E-state index contributed by atoms with van der Waals surface area (Å²) in [5.41, 5.74) is 3.86. The van der Waals surface area contributed by atoms with Gasteiger partial charge in [-0.25, -0.2) is 4.57 Å². The van der Waals surface area contributed by atoms with E-state index in [1.165, 1.54) is 42.9 Å². The van der Waals surface area contributed by atoms with Gasteiger partial charge in [-0.1, -0.05) is 54.2 Å². The highest BCUT2D eigenvalue weighted by atomic mass is 127. The van der Waals surface area contributed by atoms with Crippen molar-refractivity contribution in [1.29, 1.82) is 0 Å². The van der Waals surface area contributed by atoms with Crippen LogP contribution in [0, 0.1) is 0 Å². The van der Waals surface area contributed by atoms with Crippen molar-refractivity contribution in [3.8, 4) is 0 Å². The average molecular weight is 496 g/mol. The molecule has 0 saturated heterocycles. The summed E-state index contributed by atoms with van der Waals surface area (Å²) >= 11 is 1.87. The van der Waals surface area contributed by atoms with Gasteiger partial charge in [0.15, 0.2) is 6.20 Å².